The molecule has 1 N–H and O–H groups in total. The topological polar surface area (TPSA) is 69.0 Å². The Labute approximate surface area is 204 Å². The SMILES string of the molecule is Cc1ccc2c(Oc3cccc(C(=O)NCc4ccc5ncn(C(C)C)c5c4)c3C)ccnc2c1. The maximum atomic E-state index is 13.1. The molecule has 0 saturated heterocycles. The van der Waals surface area contributed by atoms with E-state index in [2.05, 4.69) is 39.8 Å². The van der Waals surface area contributed by atoms with Crippen molar-refractivity contribution in [1.29, 1.82) is 0 Å². The van der Waals surface area contributed by atoms with Crippen LogP contribution in [0.15, 0.2) is 73.2 Å². The Balaban J connectivity index is 1.36. The van der Waals surface area contributed by atoms with Crippen molar-refractivity contribution in [2.45, 2.75) is 40.3 Å². The number of aryl methyl sites for hydroxylation is 1. The third-order valence-corrected chi connectivity index (χ3v) is 6.26. The van der Waals surface area contributed by atoms with E-state index in [0.29, 0.717) is 29.6 Å². The van der Waals surface area contributed by atoms with Gasteiger partial charge in [0.25, 0.3) is 5.91 Å². The molecule has 2 heterocycles. The summed E-state index contributed by atoms with van der Waals surface area (Å²) < 4.78 is 8.40. The number of carbonyl (C=O) groups excluding carboxylic acids is 1. The summed E-state index contributed by atoms with van der Waals surface area (Å²) in [4.78, 5) is 22.0. The fraction of sp³-hybridized carbons (Fsp3) is 0.207. The van der Waals surface area contributed by atoms with Gasteiger partial charge in [0.1, 0.15) is 11.5 Å². The van der Waals surface area contributed by atoms with Crippen LogP contribution in [-0.4, -0.2) is 20.4 Å². The number of benzene rings is 3. The normalized spacial score (nSPS) is 11.3. The summed E-state index contributed by atoms with van der Waals surface area (Å²) in [6.07, 6.45) is 3.60. The van der Waals surface area contributed by atoms with Crippen molar-refractivity contribution in [2.24, 2.45) is 0 Å². The van der Waals surface area contributed by atoms with E-state index in [4.69, 9.17) is 4.74 Å². The van der Waals surface area contributed by atoms with Gasteiger partial charge in [-0.3, -0.25) is 9.78 Å². The van der Waals surface area contributed by atoms with Gasteiger partial charge in [-0.2, -0.15) is 0 Å². The summed E-state index contributed by atoms with van der Waals surface area (Å²) in [5.41, 5.74) is 6.44. The first-order valence-electron chi connectivity index (χ1n) is 11.8. The van der Waals surface area contributed by atoms with Crippen LogP contribution in [0.3, 0.4) is 0 Å². The standard InChI is InChI=1S/C29H28N4O2/c1-18(2)33-17-32-24-11-9-21(15-26(24)33)16-31-29(34)22-6-5-7-27(20(22)4)35-28-12-13-30-25-14-19(3)8-10-23(25)28/h5-15,17-18H,16H2,1-4H3,(H,31,34). The lowest BCUT2D eigenvalue weighted by Crippen LogP contribution is -2.23. The molecule has 0 aliphatic rings. The molecule has 1 amide bonds. The van der Waals surface area contributed by atoms with Gasteiger partial charge in [0.15, 0.2) is 0 Å². The lowest BCUT2D eigenvalue weighted by molar-refractivity contribution is 0.0950. The predicted octanol–water partition coefficient (Wildman–Crippen LogP) is 6.50. The van der Waals surface area contributed by atoms with Gasteiger partial charge < -0.3 is 14.6 Å². The van der Waals surface area contributed by atoms with Crippen molar-refractivity contribution in [2.75, 3.05) is 0 Å². The Bertz CT molecular complexity index is 1550. The number of hydrogen-bond acceptors (Lipinski definition) is 4. The third kappa shape index (κ3) is 4.47. The van der Waals surface area contributed by atoms with Crippen LogP contribution in [0, 0.1) is 13.8 Å². The van der Waals surface area contributed by atoms with Gasteiger partial charge in [-0.05, 0) is 81.3 Å². The van der Waals surface area contributed by atoms with Crippen LogP contribution >= 0.6 is 0 Å². The van der Waals surface area contributed by atoms with Crippen LogP contribution in [0.5, 0.6) is 11.5 Å². The quantitative estimate of drug-likeness (QED) is 0.311. The zero-order valence-electron chi connectivity index (χ0n) is 20.4. The second kappa shape index (κ2) is 9.22. The Hall–Kier alpha value is -4.19. The van der Waals surface area contributed by atoms with Gasteiger partial charge in [0, 0.05) is 35.3 Å². The molecule has 0 aliphatic carbocycles. The molecule has 5 rings (SSSR count). The average Bonchev–Trinajstić information content (AvgIpc) is 3.27. The first kappa shape index (κ1) is 22.6. The summed E-state index contributed by atoms with van der Waals surface area (Å²) in [6.45, 7) is 8.63. The predicted molar refractivity (Wildman–Crippen MR) is 139 cm³/mol. The molecule has 176 valence electrons. The molecule has 0 spiro atoms. The smallest absolute Gasteiger partial charge is 0.251 e. The molecule has 3 aromatic carbocycles. The van der Waals surface area contributed by atoms with Crippen LogP contribution in [0.2, 0.25) is 0 Å². The Morgan fingerprint density at radius 3 is 2.66 bits per heavy atom. The second-order valence-electron chi connectivity index (χ2n) is 9.11. The van der Waals surface area contributed by atoms with E-state index in [0.717, 1.165) is 38.6 Å². The monoisotopic (exact) mass is 464 g/mol. The van der Waals surface area contributed by atoms with Gasteiger partial charge in [0.2, 0.25) is 0 Å². The highest BCUT2D eigenvalue weighted by Gasteiger charge is 2.15. The van der Waals surface area contributed by atoms with Crippen LogP contribution in [0.1, 0.15) is 46.9 Å². The van der Waals surface area contributed by atoms with E-state index in [1.807, 2.05) is 74.8 Å². The number of ether oxygens (including phenoxy) is 1. The van der Waals surface area contributed by atoms with E-state index in [-0.39, 0.29) is 5.91 Å². The lowest BCUT2D eigenvalue weighted by atomic mass is 10.1. The minimum atomic E-state index is -0.138. The summed E-state index contributed by atoms with van der Waals surface area (Å²) >= 11 is 0. The van der Waals surface area contributed by atoms with Crippen molar-refractivity contribution >= 4 is 27.8 Å². The lowest BCUT2D eigenvalue weighted by Gasteiger charge is -2.14. The van der Waals surface area contributed by atoms with Crippen LogP contribution < -0.4 is 10.1 Å². The van der Waals surface area contributed by atoms with E-state index in [9.17, 15) is 4.79 Å². The van der Waals surface area contributed by atoms with Crippen molar-refractivity contribution in [3.05, 3.63) is 95.4 Å². The number of imidazole rings is 1. The molecule has 0 atom stereocenters. The van der Waals surface area contributed by atoms with Crippen molar-refractivity contribution in [1.82, 2.24) is 19.9 Å². The van der Waals surface area contributed by atoms with E-state index >= 15 is 0 Å². The van der Waals surface area contributed by atoms with Crippen molar-refractivity contribution in [3.8, 4) is 11.5 Å². The van der Waals surface area contributed by atoms with Gasteiger partial charge >= 0.3 is 0 Å². The Morgan fingerprint density at radius 2 is 1.83 bits per heavy atom. The van der Waals surface area contributed by atoms with E-state index in [1.54, 1.807) is 6.20 Å². The number of carbonyl (C=O) groups is 1. The fourth-order valence-corrected chi connectivity index (χ4v) is 4.28. The fourth-order valence-electron chi connectivity index (χ4n) is 4.28. The molecule has 0 aliphatic heterocycles. The number of aromatic nitrogens is 3. The summed E-state index contributed by atoms with van der Waals surface area (Å²) in [5, 5.41) is 3.99. The molecule has 0 bridgehead atoms. The number of hydrogen-bond donors (Lipinski definition) is 1. The molecule has 0 radical (unpaired) electrons. The minimum absolute atomic E-state index is 0.138. The maximum Gasteiger partial charge on any atom is 0.251 e. The van der Waals surface area contributed by atoms with E-state index in [1.165, 1.54) is 0 Å². The van der Waals surface area contributed by atoms with E-state index < -0.39 is 0 Å². The van der Waals surface area contributed by atoms with Crippen molar-refractivity contribution < 1.29 is 9.53 Å². The Kier molecular flexibility index (Phi) is 5.95. The number of amides is 1. The highest BCUT2D eigenvalue weighted by Crippen LogP contribution is 2.32. The average molecular weight is 465 g/mol. The van der Waals surface area contributed by atoms with Gasteiger partial charge in [-0.25, -0.2) is 4.98 Å². The largest absolute Gasteiger partial charge is 0.456 e. The zero-order chi connectivity index (χ0) is 24.5. The summed E-state index contributed by atoms with van der Waals surface area (Å²) in [5.74, 6) is 1.22. The number of rotatable bonds is 6. The molecule has 6 heteroatoms. The first-order valence-corrected chi connectivity index (χ1v) is 11.8. The number of fused-ring (bicyclic) bond motifs is 2. The molecule has 5 aromatic rings. The molecular formula is C29H28N4O2. The highest BCUT2D eigenvalue weighted by molar-refractivity contribution is 5.96. The molecule has 6 nitrogen and oxygen atoms in total. The molecule has 0 unspecified atom stereocenters. The molecule has 0 fully saturated rings. The van der Waals surface area contributed by atoms with Crippen LogP contribution in [-0.2, 0) is 6.54 Å². The van der Waals surface area contributed by atoms with Crippen LogP contribution in [0.25, 0.3) is 21.9 Å². The first-order chi connectivity index (χ1) is 16.9. The second-order valence-corrected chi connectivity index (χ2v) is 9.11. The van der Waals surface area contributed by atoms with Crippen molar-refractivity contribution in [3.63, 3.8) is 0 Å². The minimum Gasteiger partial charge on any atom is -0.456 e. The van der Waals surface area contributed by atoms with Gasteiger partial charge in [-0.1, -0.05) is 18.2 Å². The number of pyridine rings is 1. The van der Waals surface area contributed by atoms with Crippen LogP contribution in [0.4, 0.5) is 0 Å². The molecule has 35 heavy (non-hydrogen) atoms. The summed E-state index contributed by atoms with van der Waals surface area (Å²) in [7, 11) is 0. The number of nitrogens with one attached hydrogen (secondary N) is 1. The maximum absolute atomic E-state index is 13.1. The zero-order valence-corrected chi connectivity index (χ0v) is 20.4. The molecule has 2 aromatic heterocycles. The van der Waals surface area contributed by atoms with Gasteiger partial charge in [-0.15, -0.1) is 0 Å². The molecular weight excluding hydrogens is 436 g/mol. The highest BCUT2D eigenvalue weighted by atomic mass is 16.5. The molecule has 0 saturated carbocycles. The Morgan fingerprint density at radius 1 is 0.971 bits per heavy atom. The number of nitrogens with zero attached hydrogens (tertiary/aromatic N) is 3. The van der Waals surface area contributed by atoms with Gasteiger partial charge in [0.05, 0.1) is 22.9 Å². The third-order valence-electron chi connectivity index (χ3n) is 6.26. The summed E-state index contributed by atoms with van der Waals surface area (Å²) in [6, 6.07) is 19.9.